The van der Waals surface area contributed by atoms with Gasteiger partial charge in [0.1, 0.15) is 11.5 Å². The molecular weight excluding hydrogens is 1020 g/mol. The summed E-state index contributed by atoms with van der Waals surface area (Å²) in [6.07, 6.45) is 0. The van der Waals surface area contributed by atoms with E-state index in [1.54, 1.807) is 14.2 Å². The highest BCUT2D eigenvalue weighted by atomic mass is 16.5. The van der Waals surface area contributed by atoms with Crippen LogP contribution in [0.15, 0.2) is 97.1 Å². The highest BCUT2D eigenvalue weighted by molar-refractivity contribution is 5.66. The smallest absolute Gasteiger partial charge is 0.135 e. The number of ether oxygens (including phenoxy) is 2. The van der Waals surface area contributed by atoms with Crippen LogP contribution in [0.2, 0.25) is 0 Å². The summed E-state index contributed by atoms with van der Waals surface area (Å²) in [5.74, 6) is 42.6. The van der Waals surface area contributed by atoms with Gasteiger partial charge in [0.2, 0.25) is 0 Å². The summed E-state index contributed by atoms with van der Waals surface area (Å²) < 4.78 is 12.1. The Kier molecular flexibility index (Phi) is 19.1. The minimum Gasteiger partial charge on any atom is -0.495 e. The SMILES string of the molecule is COc1cc(C#Cc2cc(C(C)(C)C)cc(C(C)(C)C)c2)c(C#Cc2cc(C(C)(C)C)cc(C(C)(C)C)c2)cc1C#CC#Cc1cc(C#Cc2cc(C(C)(C)C)cc(C(C)(C)C)c2)c(C#Cc2cc(C(C)(C)C)cc(C(C)(C)C)c2)cc1OC. The van der Waals surface area contributed by atoms with Crippen molar-refractivity contribution in [2.75, 3.05) is 14.2 Å². The van der Waals surface area contributed by atoms with Crippen LogP contribution in [0.5, 0.6) is 11.5 Å². The van der Waals surface area contributed by atoms with Crippen LogP contribution in [0.3, 0.4) is 0 Å². The second kappa shape index (κ2) is 24.5. The molecule has 6 aromatic carbocycles. The Balaban J connectivity index is 1.56. The van der Waals surface area contributed by atoms with Crippen LogP contribution >= 0.6 is 0 Å². The maximum absolute atomic E-state index is 6.07. The van der Waals surface area contributed by atoms with Gasteiger partial charge >= 0.3 is 0 Å². The molecular formula is C82H94O2. The van der Waals surface area contributed by atoms with Crippen LogP contribution in [0, 0.1) is 71.0 Å². The lowest BCUT2D eigenvalue weighted by Crippen LogP contribution is -2.16. The van der Waals surface area contributed by atoms with Gasteiger partial charge in [-0.1, -0.05) is 238 Å². The number of rotatable bonds is 2. The first-order chi connectivity index (χ1) is 38.5. The highest BCUT2D eigenvalue weighted by Crippen LogP contribution is 2.35. The molecule has 0 N–H and O–H groups in total. The van der Waals surface area contributed by atoms with Crippen LogP contribution < -0.4 is 9.47 Å². The molecule has 84 heavy (non-hydrogen) atoms. The first-order valence-corrected chi connectivity index (χ1v) is 29.7. The second-order valence-corrected chi connectivity index (χ2v) is 30.9. The standard InChI is InChI=1S/C82H94O2/c1-75(2,3)65-39-55(40-66(51-65)76(4,5)6)31-35-59-47-63(73(83-25)49-61(59)37-33-57-43-69(79(13,14)15)53-70(44-57)80(16,17)18)29-27-28-30-64-48-60(36-32-56-41-67(77(7,8)9)52-68(42-56)78(10,11)12)62(50-74(64)84-26)38-34-58-45-71(81(19,20)21)54-72(46-58)82(22,23)24/h39-54H,1-26H3. The molecule has 2 heteroatoms. The summed E-state index contributed by atoms with van der Waals surface area (Å²) in [5, 5.41) is 0. The van der Waals surface area contributed by atoms with Gasteiger partial charge in [-0.2, -0.15) is 0 Å². The van der Waals surface area contributed by atoms with Crippen LogP contribution in [0.1, 0.15) is 266 Å². The Morgan fingerprint density at radius 1 is 0.202 bits per heavy atom. The summed E-state index contributed by atoms with van der Waals surface area (Å²) in [6, 6.07) is 34.9. The first-order valence-electron chi connectivity index (χ1n) is 29.7. The van der Waals surface area contributed by atoms with Crippen LogP contribution in [0.4, 0.5) is 0 Å². The second-order valence-electron chi connectivity index (χ2n) is 30.9. The predicted octanol–water partition coefficient (Wildman–Crippen LogP) is 19.1. The van der Waals surface area contributed by atoms with Crippen molar-refractivity contribution in [1.29, 1.82) is 0 Å². The summed E-state index contributed by atoms with van der Waals surface area (Å²) in [6.45, 7) is 53.9. The molecule has 6 rings (SSSR count). The molecule has 0 aliphatic carbocycles. The maximum atomic E-state index is 6.07. The van der Waals surface area contributed by atoms with Crippen LogP contribution in [-0.2, 0) is 43.3 Å². The van der Waals surface area contributed by atoms with E-state index in [0.29, 0.717) is 22.6 Å². The topological polar surface area (TPSA) is 18.5 Å². The minimum atomic E-state index is -0.0636. The molecule has 0 saturated carbocycles. The Hall–Kier alpha value is -7.72. The average Bonchev–Trinajstić information content (AvgIpc) is 2.89. The van der Waals surface area contributed by atoms with Crippen molar-refractivity contribution in [2.24, 2.45) is 0 Å². The van der Waals surface area contributed by atoms with E-state index in [-0.39, 0.29) is 43.3 Å². The lowest BCUT2D eigenvalue weighted by Gasteiger charge is -2.25. The Bertz CT molecular complexity index is 3500. The average molecular weight is 1110 g/mol. The summed E-state index contributed by atoms with van der Waals surface area (Å²) >= 11 is 0. The molecule has 6 aromatic rings. The van der Waals surface area contributed by atoms with Gasteiger partial charge in [0, 0.05) is 44.5 Å². The highest BCUT2D eigenvalue weighted by Gasteiger charge is 2.25. The molecule has 0 amide bonds. The van der Waals surface area contributed by atoms with E-state index in [2.05, 4.69) is 310 Å². The van der Waals surface area contributed by atoms with Crippen LogP contribution in [-0.4, -0.2) is 14.2 Å². The Labute approximate surface area is 510 Å². The lowest BCUT2D eigenvalue weighted by atomic mass is 9.79. The number of hydrogen-bond acceptors (Lipinski definition) is 2. The van der Waals surface area contributed by atoms with E-state index < -0.39 is 0 Å². The fourth-order valence-electron chi connectivity index (χ4n) is 9.12. The molecule has 0 radical (unpaired) electrons. The Morgan fingerprint density at radius 3 is 0.548 bits per heavy atom. The third-order valence-electron chi connectivity index (χ3n) is 15.2. The van der Waals surface area contributed by atoms with Gasteiger partial charge in [0.25, 0.3) is 0 Å². The van der Waals surface area contributed by atoms with Crippen molar-refractivity contribution in [3.05, 3.63) is 197 Å². The molecule has 2 nitrogen and oxygen atoms in total. The molecule has 0 aromatic heterocycles. The van der Waals surface area contributed by atoms with Gasteiger partial charge in [0.05, 0.1) is 25.3 Å². The van der Waals surface area contributed by atoms with E-state index in [1.807, 2.05) is 24.3 Å². The van der Waals surface area contributed by atoms with Crippen molar-refractivity contribution >= 4 is 0 Å². The number of methoxy groups -OCH3 is 2. The molecule has 0 aliphatic heterocycles. The number of hydrogen-bond donors (Lipinski definition) is 0. The molecule has 0 heterocycles. The third kappa shape index (κ3) is 17.4. The fourth-order valence-corrected chi connectivity index (χ4v) is 9.12. The largest absolute Gasteiger partial charge is 0.495 e. The molecule has 434 valence electrons. The molecule has 0 fully saturated rings. The van der Waals surface area contributed by atoms with E-state index in [1.165, 1.54) is 44.5 Å². The lowest BCUT2D eigenvalue weighted by molar-refractivity contribution is 0.413. The van der Waals surface area contributed by atoms with Gasteiger partial charge in [-0.15, -0.1) is 0 Å². The monoisotopic (exact) mass is 1110 g/mol. The Morgan fingerprint density at radius 2 is 0.381 bits per heavy atom. The van der Waals surface area contributed by atoms with Crippen molar-refractivity contribution in [3.63, 3.8) is 0 Å². The van der Waals surface area contributed by atoms with Gasteiger partial charge in [-0.05, 0) is 184 Å². The summed E-state index contributed by atoms with van der Waals surface area (Å²) in [4.78, 5) is 0. The normalized spacial score (nSPS) is 12.1. The van der Waals surface area contributed by atoms with E-state index in [9.17, 15) is 0 Å². The molecule has 0 bridgehead atoms. The van der Waals surface area contributed by atoms with Gasteiger partial charge in [-0.3, -0.25) is 0 Å². The van der Waals surface area contributed by atoms with Crippen LogP contribution in [0.25, 0.3) is 0 Å². The molecule has 0 atom stereocenters. The molecule has 0 unspecified atom stereocenters. The van der Waals surface area contributed by atoms with E-state index in [0.717, 1.165) is 44.5 Å². The van der Waals surface area contributed by atoms with Crippen molar-refractivity contribution in [2.45, 2.75) is 209 Å². The summed E-state index contributed by atoms with van der Waals surface area (Å²) in [7, 11) is 3.32. The zero-order chi connectivity index (χ0) is 62.8. The fraction of sp³-hybridized carbons (Fsp3) is 0.415. The zero-order valence-electron chi connectivity index (χ0n) is 56.1. The van der Waals surface area contributed by atoms with E-state index >= 15 is 0 Å². The van der Waals surface area contributed by atoms with E-state index in [4.69, 9.17) is 9.47 Å². The van der Waals surface area contributed by atoms with Crippen molar-refractivity contribution in [3.8, 4) is 82.5 Å². The zero-order valence-corrected chi connectivity index (χ0v) is 56.1. The molecule has 0 spiro atoms. The van der Waals surface area contributed by atoms with Gasteiger partial charge in [-0.25, -0.2) is 0 Å². The molecule has 0 saturated heterocycles. The van der Waals surface area contributed by atoms with Crippen molar-refractivity contribution in [1.82, 2.24) is 0 Å². The van der Waals surface area contributed by atoms with Gasteiger partial charge in [0.15, 0.2) is 0 Å². The minimum absolute atomic E-state index is 0.0552. The van der Waals surface area contributed by atoms with Crippen molar-refractivity contribution < 1.29 is 9.47 Å². The van der Waals surface area contributed by atoms with Gasteiger partial charge < -0.3 is 9.47 Å². The number of benzene rings is 6. The first kappa shape index (κ1) is 65.4. The predicted molar refractivity (Wildman–Crippen MR) is 359 cm³/mol. The maximum Gasteiger partial charge on any atom is 0.135 e. The third-order valence-corrected chi connectivity index (χ3v) is 15.2. The molecule has 0 aliphatic rings. The summed E-state index contributed by atoms with van der Waals surface area (Å²) in [5.41, 5.74) is 17.5. The quantitative estimate of drug-likeness (QED) is 0.161.